The molecular weight excluding hydrogens is 356 g/mol. The third kappa shape index (κ3) is 5.69. The number of sulfonamides is 1. The van der Waals surface area contributed by atoms with E-state index in [2.05, 4.69) is 31.0 Å². The zero-order chi connectivity index (χ0) is 18.5. The number of hydrogen-bond acceptors (Lipinski definition) is 4. The van der Waals surface area contributed by atoms with Crippen LogP contribution in [0.4, 0.5) is 0 Å². The van der Waals surface area contributed by atoms with E-state index in [1.807, 2.05) is 0 Å². The molecule has 2 heterocycles. The quantitative estimate of drug-likeness (QED) is 0.581. The number of nitrogens with one attached hydrogen (secondary N) is 1. The number of nitrogens with zero attached hydrogens (tertiary/aromatic N) is 2. The van der Waals surface area contributed by atoms with Gasteiger partial charge in [0.15, 0.2) is 5.96 Å². The predicted molar refractivity (Wildman–Crippen MR) is 104 cm³/mol. The lowest BCUT2D eigenvalue weighted by Crippen LogP contribution is -2.49. The fraction of sp³-hybridized carbons (Fsp3) is 0.706. The normalized spacial score (nSPS) is 22.2. The van der Waals surface area contributed by atoms with Crippen molar-refractivity contribution in [3.63, 3.8) is 0 Å². The molecule has 3 N–H and O–H groups in total. The number of likely N-dealkylation sites (tertiary alicyclic amines) is 1. The molecule has 0 saturated carbocycles. The molecule has 8 heteroatoms. The molecule has 0 amide bonds. The van der Waals surface area contributed by atoms with Crippen molar-refractivity contribution in [3.05, 3.63) is 17.0 Å². The number of aliphatic imine (C=N–C) groups is 1. The first-order valence-corrected chi connectivity index (χ1v) is 11.3. The number of hydrogen-bond donors (Lipinski definition) is 2. The second kappa shape index (κ2) is 8.51. The van der Waals surface area contributed by atoms with Gasteiger partial charge in [0, 0.05) is 24.5 Å². The summed E-state index contributed by atoms with van der Waals surface area (Å²) < 4.78 is 23.0. The average molecular weight is 387 g/mol. The zero-order valence-electron chi connectivity index (χ0n) is 15.4. The molecule has 25 heavy (non-hydrogen) atoms. The van der Waals surface area contributed by atoms with Crippen molar-refractivity contribution in [3.8, 4) is 0 Å². The highest BCUT2D eigenvalue weighted by atomic mass is 32.2. The summed E-state index contributed by atoms with van der Waals surface area (Å²) in [5, 5.41) is 8.55. The van der Waals surface area contributed by atoms with Crippen LogP contribution in [-0.2, 0) is 16.6 Å². The minimum absolute atomic E-state index is 0.191. The van der Waals surface area contributed by atoms with Crippen LogP contribution in [0, 0.1) is 5.41 Å². The van der Waals surface area contributed by atoms with Crippen molar-refractivity contribution < 1.29 is 8.42 Å². The van der Waals surface area contributed by atoms with E-state index >= 15 is 0 Å². The molecule has 1 atom stereocenters. The van der Waals surface area contributed by atoms with E-state index in [0.717, 1.165) is 30.5 Å². The molecule has 1 aromatic rings. The molecule has 0 bridgehead atoms. The van der Waals surface area contributed by atoms with E-state index in [-0.39, 0.29) is 4.21 Å². The van der Waals surface area contributed by atoms with E-state index in [4.69, 9.17) is 10.1 Å². The Hall–Kier alpha value is -1.12. The van der Waals surface area contributed by atoms with Gasteiger partial charge in [-0.3, -0.25) is 0 Å². The lowest BCUT2D eigenvalue weighted by molar-refractivity contribution is 0.142. The lowest BCUT2D eigenvalue weighted by Gasteiger charge is -2.42. The zero-order valence-corrected chi connectivity index (χ0v) is 17.0. The van der Waals surface area contributed by atoms with Crippen molar-refractivity contribution in [2.24, 2.45) is 15.5 Å². The Balaban J connectivity index is 2.11. The van der Waals surface area contributed by atoms with E-state index in [9.17, 15) is 8.42 Å². The van der Waals surface area contributed by atoms with Gasteiger partial charge in [-0.1, -0.05) is 20.3 Å². The van der Waals surface area contributed by atoms with E-state index in [1.165, 1.54) is 37.0 Å². The predicted octanol–water partition coefficient (Wildman–Crippen LogP) is 2.76. The SMILES string of the molecule is CCCC1(C)CCCN(C(=NCc2ccc(S(N)(=O)=O)s2)NCC)C1. The van der Waals surface area contributed by atoms with Gasteiger partial charge in [-0.2, -0.15) is 0 Å². The lowest BCUT2D eigenvalue weighted by atomic mass is 9.78. The van der Waals surface area contributed by atoms with Crippen LogP contribution < -0.4 is 10.5 Å². The molecule has 1 aliphatic rings. The Bertz CT molecular complexity index is 695. The summed E-state index contributed by atoms with van der Waals surface area (Å²) >= 11 is 1.19. The second-order valence-corrected chi connectivity index (χ2v) is 9.98. The maximum absolute atomic E-state index is 11.4. The van der Waals surface area contributed by atoms with Crippen molar-refractivity contribution in [1.29, 1.82) is 0 Å². The van der Waals surface area contributed by atoms with Gasteiger partial charge in [0.25, 0.3) is 0 Å². The number of piperidine rings is 1. The van der Waals surface area contributed by atoms with Gasteiger partial charge < -0.3 is 10.2 Å². The van der Waals surface area contributed by atoms with Gasteiger partial charge in [0.05, 0.1) is 6.54 Å². The van der Waals surface area contributed by atoms with Crippen LogP contribution in [0.1, 0.15) is 51.3 Å². The Kier molecular flexibility index (Phi) is 6.87. The number of nitrogens with two attached hydrogens (primary N) is 1. The Morgan fingerprint density at radius 1 is 1.44 bits per heavy atom. The van der Waals surface area contributed by atoms with E-state index in [1.54, 1.807) is 12.1 Å². The van der Waals surface area contributed by atoms with Crippen LogP contribution in [-0.4, -0.2) is 38.9 Å². The molecule has 0 spiro atoms. The summed E-state index contributed by atoms with van der Waals surface area (Å²) in [5.74, 6) is 0.912. The van der Waals surface area contributed by atoms with Crippen LogP contribution >= 0.6 is 11.3 Å². The fourth-order valence-electron chi connectivity index (χ4n) is 3.48. The van der Waals surface area contributed by atoms with Gasteiger partial charge in [0.2, 0.25) is 10.0 Å². The second-order valence-electron chi connectivity index (χ2n) is 7.02. The Morgan fingerprint density at radius 2 is 2.20 bits per heavy atom. The largest absolute Gasteiger partial charge is 0.357 e. The van der Waals surface area contributed by atoms with E-state index < -0.39 is 10.0 Å². The van der Waals surface area contributed by atoms with Crippen molar-refractivity contribution in [1.82, 2.24) is 10.2 Å². The molecule has 0 aromatic carbocycles. The maximum Gasteiger partial charge on any atom is 0.247 e. The number of primary sulfonamides is 1. The summed E-state index contributed by atoms with van der Waals surface area (Å²) in [6.45, 7) is 9.97. The summed E-state index contributed by atoms with van der Waals surface area (Å²) in [6, 6.07) is 3.34. The van der Waals surface area contributed by atoms with Crippen LogP contribution in [0.3, 0.4) is 0 Å². The Morgan fingerprint density at radius 3 is 2.80 bits per heavy atom. The summed E-state index contributed by atoms with van der Waals surface area (Å²) in [4.78, 5) is 7.97. The fourth-order valence-corrected chi connectivity index (χ4v) is 5.18. The number of thiophene rings is 1. The maximum atomic E-state index is 11.4. The topological polar surface area (TPSA) is 87.8 Å². The third-order valence-corrected chi connectivity index (χ3v) is 7.08. The highest BCUT2D eigenvalue weighted by Gasteiger charge is 2.31. The monoisotopic (exact) mass is 386 g/mol. The molecule has 1 aromatic heterocycles. The van der Waals surface area contributed by atoms with Gasteiger partial charge in [0.1, 0.15) is 4.21 Å². The van der Waals surface area contributed by atoms with Crippen LogP contribution in [0.15, 0.2) is 21.3 Å². The standard InChI is InChI=1S/C17H30N4O2S2/c1-4-9-17(3)10-6-11-21(13-17)16(19-5-2)20-12-14-7-8-15(24-14)25(18,22)23/h7-8H,4-6,9-13H2,1-3H3,(H,19,20)(H2,18,22,23). The number of guanidine groups is 1. The summed E-state index contributed by atoms with van der Waals surface area (Å²) in [5.41, 5.74) is 0.340. The van der Waals surface area contributed by atoms with Gasteiger partial charge in [-0.25, -0.2) is 18.5 Å². The van der Waals surface area contributed by atoms with Gasteiger partial charge in [-0.15, -0.1) is 11.3 Å². The molecule has 1 fully saturated rings. The van der Waals surface area contributed by atoms with Crippen molar-refractivity contribution in [2.75, 3.05) is 19.6 Å². The molecular formula is C17H30N4O2S2. The minimum atomic E-state index is -3.63. The van der Waals surface area contributed by atoms with Crippen LogP contribution in [0.25, 0.3) is 0 Å². The highest BCUT2D eigenvalue weighted by molar-refractivity contribution is 7.91. The molecule has 2 rings (SSSR count). The van der Waals surface area contributed by atoms with E-state index in [0.29, 0.717) is 12.0 Å². The molecule has 142 valence electrons. The smallest absolute Gasteiger partial charge is 0.247 e. The molecule has 1 saturated heterocycles. The summed E-state index contributed by atoms with van der Waals surface area (Å²) in [6.07, 6.45) is 4.87. The first-order valence-electron chi connectivity index (χ1n) is 8.92. The first-order chi connectivity index (χ1) is 11.8. The molecule has 0 radical (unpaired) electrons. The molecule has 0 aliphatic carbocycles. The van der Waals surface area contributed by atoms with Gasteiger partial charge >= 0.3 is 0 Å². The number of rotatable bonds is 6. The van der Waals surface area contributed by atoms with Crippen LogP contribution in [0.5, 0.6) is 0 Å². The molecule has 1 unspecified atom stereocenters. The van der Waals surface area contributed by atoms with Crippen LogP contribution in [0.2, 0.25) is 0 Å². The average Bonchev–Trinajstić information content (AvgIpc) is 3.00. The third-order valence-electron chi connectivity index (χ3n) is 4.57. The van der Waals surface area contributed by atoms with Crippen molar-refractivity contribution in [2.45, 2.75) is 57.2 Å². The summed E-state index contributed by atoms with van der Waals surface area (Å²) in [7, 11) is -3.63. The van der Waals surface area contributed by atoms with Crippen molar-refractivity contribution >= 4 is 27.3 Å². The first kappa shape index (κ1) is 20.2. The minimum Gasteiger partial charge on any atom is -0.357 e. The van der Waals surface area contributed by atoms with Gasteiger partial charge in [-0.05, 0) is 43.7 Å². The molecule has 1 aliphatic heterocycles. The highest BCUT2D eigenvalue weighted by Crippen LogP contribution is 2.34. The molecule has 6 nitrogen and oxygen atoms in total. The Labute approximate surface area is 155 Å².